The third-order valence-corrected chi connectivity index (χ3v) is 6.45. The first kappa shape index (κ1) is 15.7. The van der Waals surface area contributed by atoms with Crippen LogP contribution in [0.4, 0.5) is 4.39 Å². The van der Waals surface area contributed by atoms with Crippen molar-refractivity contribution in [1.29, 1.82) is 0 Å². The van der Waals surface area contributed by atoms with E-state index in [1.54, 1.807) is 12.1 Å². The zero-order valence-electron chi connectivity index (χ0n) is 11.8. The monoisotopic (exact) mass is 470 g/mol. The summed E-state index contributed by atoms with van der Waals surface area (Å²) in [5, 5.41) is 0. The Balaban J connectivity index is 1.95. The zero-order valence-corrected chi connectivity index (χ0v) is 15.6. The molecule has 2 aromatic carbocycles. The SMILES string of the molecule is Cc1ccc(I)cc1C(=O)c1ccc(-c2ccc(F)cc2)[se]1. The molecule has 0 fully saturated rings. The summed E-state index contributed by atoms with van der Waals surface area (Å²) in [6, 6.07) is 16.2. The Hall–Kier alpha value is -1.23. The Morgan fingerprint density at radius 3 is 2.50 bits per heavy atom. The van der Waals surface area contributed by atoms with Crippen LogP contribution in [0.1, 0.15) is 20.4 Å². The molecular weight excluding hydrogens is 457 g/mol. The van der Waals surface area contributed by atoms with Crippen LogP contribution in [-0.2, 0) is 0 Å². The summed E-state index contributed by atoms with van der Waals surface area (Å²) >= 11 is 2.18. The second-order valence-corrected chi connectivity index (χ2v) is 8.48. The van der Waals surface area contributed by atoms with E-state index in [0.29, 0.717) is 0 Å². The van der Waals surface area contributed by atoms with Crippen molar-refractivity contribution < 1.29 is 9.18 Å². The van der Waals surface area contributed by atoms with Crippen LogP contribution in [0.2, 0.25) is 0 Å². The number of aryl methyl sites for hydroxylation is 1. The molecule has 0 aliphatic heterocycles. The van der Waals surface area contributed by atoms with E-state index < -0.39 is 0 Å². The third kappa shape index (κ3) is 3.24. The molecule has 0 spiro atoms. The molecule has 0 atom stereocenters. The van der Waals surface area contributed by atoms with E-state index in [2.05, 4.69) is 22.6 Å². The minimum atomic E-state index is -0.242. The Morgan fingerprint density at radius 2 is 1.77 bits per heavy atom. The number of carbonyl (C=O) groups is 1. The second-order valence-electron chi connectivity index (χ2n) is 4.96. The normalized spacial score (nSPS) is 10.7. The topological polar surface area (TPSA) is 17.1 Å². The molecule has 110 valence electrons. The van der Waals surface area contributed by atoms with E-state index >= 15 is 0 Å². The van der Waals surface area contributed by atoms with Crippen LogP contribution in [0.25, 0.3) is 10.0 Å². The molecule has 22 heavy (non-hydrogen) atoms. The van der Waals surface area contributed by atoms with Crippen LogP contribution in [0.3, 0.4) is 0 Å². The summed E-state index contributed by atoms with van der Waals surface area (Å²) in [6.45, 7) is 1.96. The number of hydrogen-bond acceptors (Lipinski definition) is 1. The molecule has 0 aliphatic carbocycles. The second kappa shape index (κ2) is 6.49. The van der Waals surface area contributed by atoms with Gasteiger partial charge in [0.2, 0.25) is 0 Å². The molecule has 0 N–H and O–H groups in total. The van der Waals surface area contributed by atoms with Gasteiger partial charge in [0, 0.05) is 0 Å². The Morgan fingerprint density at radius 1 is 1.05 bits per heavy atom. The standard InChI is InChI=1S/C18H12FIOSe/c1-11-2-7-14(20)10-15(11)18(21)17-9-8-16(22-17)12-3-5-13(19)6-4-12/h2-10H,1H3. The number of rotatable bonds is 3. The van der Waals surface area contributed by atoms with E-state index in [1.165, 1.54) is 12.1 Å². The molecule has 4 heteroatoms. The van der Waals surface area contributed by atoms with Crippen LogP contribution >= 0.6 is 22.6 Å². The maximum atomic E-state index is 13.0. The van der Waals surface area contributed by atoms with E-state index in [1.807, 2.05) is 37.3 Å². The number of halogens is 2. The van der Waals surface area contributed by atoms with Crippen molar-refractivity contribution in [2.45, 2.75) is 6.92 Å². The van der Waals surface area contributed by atoms with E-state index in [-0.39, 0.29) is 26.1 Å². The van der Waals surface area contributed by atoms with Crippen molar-refractivity contribution in [3.63, 3.8) is 0 Å². The van der Waals surface area contributed by atoms with E-state index in [0.717, 1.165) is 29.1 Å². The summed E-state index contributed by atoms with van der Waals surface area (Å²) in [4.78, 5) is 12.7. The fourth-order valence-corrected chi connectivity index (χ4v) is 4.72. The summed E-state index contributed by atoms with van der Waals surface area (Å²) < 4.78 is 16.0. The molecule has 1 nitrogen and oxygen atoms in total. The molecule has 3 aromatic rings. The van der Waals surface area contributed by atoms with Crippen LogP contribution in [-0.4, -0.2) is 20.3 Å². The average Bonchev–Trinajstić information content (AvgIpc) is 2.99. The maximum absolute atomic E-state index is 13.0. The molecule has 0 amide bonds. The van der Waals surface area contributed by atoms with Crippen molar-refractivity contribution >= 4 is 42.9 Å². The number of hydrogen-bond donors (Lipinski definition) is 0. The summed E-state index contributed by atoms with van der Waals surface area (Å²) in [5.41, 5.74) is 2.76. The minimum absolute atomic E-state index is 0.0391. The number of ketones is 1. The van der Waals surface area contributed by atoms with Gasteiger partial charge in [0.05, 0.1) is 0 Å². The molecule has 0 saturated heterocycles. The Kier molecular flexibility index (Phi) is 4.62. The van der Waals surface area contributed by atoms with Gasteiger partial charge in [0.15, 0.2) is 0 Å². The van der Waals surface area contributed by atoms with Gasteiger partial charge in [0.1, 0.15) is 0 Å². The fourth-order valence-electron chi connectivity index (χ4n) is 2.20. The van der Waals surface area contributed by atoms with E-state index in [9.17, 15) is 9.18 Å². The molecule has 0 saturated carbocycles. The average molecular weight is 469 g/mol. The Labute approximate surface area is 148 Å². The first-order valence-electron chi connectivity index (χ1n) is 6.71. The van der Waals surface area contributed by atoms with Crippen LogP contribution in [0, 0.1) is 16.3 Å². The van der Waals surface area contributed by atoms with Crippen molar-refractivity contribution in [1.82, 2.24) is 0 Å². The van der Waals surface area contributed by atoms with Gasteiger partial charge in [-0.1, -0.05) is 0 Å². The van der Waals surface area contributed by atoms with Gasteiger partial charge in [-0.2, -0.15) is 0 Å². The predicted octanol–water partition coefficient (Wildman–Crippen LogP) is 4.69. The van der Waals surface area contributed by atoms with Crippen molar-refractivity contribution in [2.24, 2.45) is 0 Å². The van der Waals surface area contributed by atoms with Gasteiger partial charge in [-0.3, -0.25) is 0 Å². The zero-order chi connectivity index (χ0) is 15.7. The predicted molar refractivity (Wildman–Crippen MR) is 96.1 cm³/mol. The van der Waals surface area contributed by atoms with E-state index in [4.69, 9.17) is 0 Å². The summed E-state index contributed by atoms with van der Waals surface area (Å²) in [6.07, 6.45) is 0. The quantitative estimate of drug-likeness (QED) is 0.309. The molecule has 1 aromatic heterocycles. The van der Waals surface area contributed by atoms with Crippen LogP contribution < -0.4 is 0 Å². The summed E-state index contributed by atoms with van der Waals surface area (Å²) in [7, 11) is 0. The third-order valence-electron chi connectivity index (χ3n) is 3.40. The molecule has 0 unspecified atom stereocenters. The first-order chi connectivity index (χ1) is 10.5. The van der Waals surface area contributed by atoms with Crippen molar-refractivity contribution in [3.05, 3.63) is 79.5 Å². The van der Waals surface area contributed by atoms with Gasteiger partial charge in [-0.05, 0) is 0 Å². The van der Waals surface area contributed by atoms with Crippen LogP contribution in [0.15, 0.2) is 54.6 Å². The van der Waals surface area contributed by atoms with Gasteiger partial charge < -0.3 is 0 Å². The van der Waals surface area contributed by atoms with Gasteiger partial charge >= 0.3 is 149 Å². The first-order valence-corrected chi connectivity index (χ1v) is 9.50. The molecular formula is C18H12FIOSe. The fraction of sp³-hybridized carbons (Fsp3) is 0.0556. The van der Waals surface area contributed by atoms with Gasteiger partial charge in [-0.15, -0.1) is 0 Å². The van der Waals surface area contributed by atoms with Crippen molar-refractivity contribution in [2.75, 3.05) is 0 Å². The molecule has 3 rings (SSSR count). The van der Waals surface area contributed by atoms with Crippen molar-refractivity contribution in [3.8, 4) is 10.0 Å². The molecule has 1 heterocycles. The number of carbonyl (C=O) groups excluding carboxylic acids is 1. The Bertz CT molecular complexity index is 837. The molecule has 0 radical (unpaired) electrons. The van der Waals surface area contributed by atoms with Gasteiger partial charge in [0.25, 0.3) is 0 Å². The molecule has 0 aliphatic rings. The molecule has 0 bridgehead atoms. The van der Waals surface area contributed by atoms with Gasteiger partial charge in [-0.25, -0.2) is 0 Å². The number of benzene rings is 2. The van der Waals surface area contributed by atoms with Crippen LogP contribution in [0.5, 0.6) is 0 Å². The summed E-state index contributed by atoms with van der Waals surface area (Å²) in [5.74, 6) is -0.141.